The molecule has 0 bridgehead atoms. The van der Waals surface area contributed by atoms with Crippen molar-refractivity contribution in [3.8, 4) is 0 Å². The third kappa shape index (κ3) is 2.24. The molecule has 1 aliphatic heterocycles. The number of hydrogen-bond acceptors (Lipinski definition) is 2. The zero-order valence-electron chi connectivity index (χ0n) is 8.28. The lowest BCUT2D eigenvalue weighted by Crippen LogP contribution is -2.28. The minimum Gasteiger partial charge on any atom is -0.329 e. The van der Waals surface area contributed by atoms with Crippen molar-refractivity contribution in [2.45, 2.75) is 6.18 Å². The monoisotopic (exact) mass is 226 g/mol. The van der Waals surface area contributed by atoms with Crippen LogP contribution in [0.5, 0.6) is 0 Å². The van der Waals surface area contributed by atoms with E-state index in [-0.39, 0.29) is 6.54 Å². The quantitative estimate of drug-likeness (QED) is 0.732. The lowest BCUT2D eigenvalue weighted by Gasteiger charge is -2.24. The molecule has 0 spiro atoms. The molecule has 0 fully saturated rings. The number of anilines is 1. The highest BCUT2D eigenvalue weighted by Crippen LogP contribution is 2.29. The fourth-order valence-corrected chi connectivity index (χ4v) is 1.42. The summed E-state index contributed by atoms with van der Waals surface area (Å²) in [7, 11) is 0. The summed E-state index contributed by atoms with van der Waals surface area (Å²) >= 11 is 0. The Bertz CT molecular complexity index is 421. The lowest BCUT2D eigenvalue weighted by molar-refractivity contribution is -0.0923. The molecular weight excluding hydrogens is 217 g/mol. The molecule has 2 heterocycles. The van der Waals surface area contributed by atoms with E-state index in [0.717, 1.165) is 6.08 Å². The van der Waals surface area contributed by atoms with Crippen LogP contribution in [0.3, 0.4) is 0 Å². The Balaban J connectivity index is 2.19. The van der Waals surface area contributed by atoms with E-state index in [9.17, 15) is 13.2 Å². The average molecular weight is 226 g/mol. The topological polar surface area (TPSA) is 16.1 Å². The summed E-state index contributed by atoms with van der Waals surface area (Å²) in [6, 6.07) is 5.13. The molecule has 2 rings (SSSR count). The van der Waals surface area contributed by atoms with Gasteiger partial charge in [0.15, 0.2) is 0 Å². The third-order valence-corrected chi connectivity index (χ3v) is 2.21. The van der Waals surface area contributed by atoms with Crippen molar-refractivity contribution in [2.24, 2.45) is 0 Å². The molecule has 1 aromatic rings. The van der Waals surface area contributed by atoms with Gasteiger partial charge in [0.1, 0.15) is 5.82 Å². The van der Waals surface area contributed by atoms with Crippen LogP contribution in [0.4, 0.5) is 19.0 Å². The van der Waals surface area contributed by atoms with Gasteiger partial charge in [-0.05, 0) is 18.2 Å². The van der Waals surface area contributed by atoms with Crippen LogP contribution in [0.1, 0.15) is 0 Å². The highest BCUT2D eigenvalue weighted by molar-refractivity contribution is 5.47. The van der Waals surface area contributed by atoms with Crippen LogP contribution in [0.25, 0.3) is 0 Å². The van der Waals surface area contributed by atoms with Gasteiger partial charge < -0.3 is 4.90 Å². The molecule has 0 saturated carbocycles. The Morgan fingerprint density at radius 1 is 1.25 bits per heavy atom. The number of nitrogens with zero attached hydrogens (tertiary/aromatic N) is 2. The first-order chi connectivity index (χ1) is 7.57. The Kier molecular flexibility index (Phi) is 2.68. The molecule has 5 heteroatoms. The molecule has 16 heavy (non-hydrogen) atoms. The molecule has 0 unspecified atom stereocenters. The van der Waals surface area contributed by atoms with Crippen molar-refractivity contribution >= 4 is 5.82 Å². The standard InChI is InChI=1S/C11H9F3N2/c12-11(13,14)9-4-3-7-16(8-9)10-5-1-2-6-15-10/h1-7H,8H2. The van der Waals surface area contributed by atoms with Gasteiger partial charge in [0.25, 0.3) is 0 Å². The first kappa shape index (κ1) is 10.7. The van der Waals surface area contributed by atoms with E-state index in [2.05, 4.69) is 4.98 Å². The van der Waals surface area contributed by atoms with Crippen molar-refractivity contribution in [3.63, 3.8) is 0 Å². The Hall–Kier alpha value is -1.78. The molecule has 0 aromatic carbocycles. The smallest absolute Gasteiger partial charge is 0.329 e. The van der Waals surface area contributed by atoms with Crippen LogP contribution in [-0.2, 0) is 0 Å². The van der Waals surface area contributed by atoms with Gasteiger partial charge in [-0.1, -0.05) is 12.1 Å². The largest absolute Gasteiger partial charge is 0.414 e. The summed E-state index contributed by atoms with van der Waals surface area (Å²) in [5, 5.41) is 0. The van der Waals surface area contributed by atoms with Gasteiger partial charge in [-0.3, -0.25) is 0 Å². The first-order valence-electron chi connectivity index (χ1n) is 4.69. The van der Waals surface area contributed by atoms with Crippen molar-refractivity contribution in [1.82, 2.24) is 4.98 Å². The predicted molar refractivity (Wildman–Crippen MR) is 54.9 cm³/mol. The molecule has 0 N–H and O–H groups in total. The second-order valence-corrected chi connectivity index (χ2v) is 3.35. The summed E-state index contributed by atoms with van der Waals surface area (Å²) in [5.74, 6) is 0.508. The molecule has 0 amide bonds. The van der Waals surface area contributed by atoms with Crippen LogP contribution in [0.2, 0.25) is 0 Å². The second-order valence-electron chi connectivity index (χ2n) is 3.35. The highest BCUT2D eigenvalue weighted by atomic mass is 19.4. The normalized spacial score (nSPS) is 16.2. The highest BCUT2D eigenvalue weighted by Gasteiger charge is 2.34. The third-order valence-electron chi connectivity index (χ3n) is 2.21. The van der Waals surface area contributed by atoms with Crippen molar-refractivity contribution < 1.29 is 13.2 Å². The lowest BCUT2D eigenvalue weighted by atomic mass is 10.2. The number of halogens is 3. The maximum atomic E-state index is 12.5. The first-order valence-corrected chi connectivity index (χ1v) is 4.69. The van der Waals surface area contributed by atoms with Crippen LogP contribution in [0, 0.1) is 0 Å². The number of aromatic nitrogens is 1. The van der Waals surface area contributed by atoms with Crippen LogP contribution in [0.15, 0.2) is 48.3 Å². The number of pyridine rings is 1. The zero-order valence-corrected chi connectivity index (χ0v) is 8.28. The zero-order chi connectivity index (χ0) is 11.6. The van der Waals surface area contributed by atoms with Gasteiger partial charge in [-0.25, -0.2) is 4.98 Å². The Morgan fingerprint density at radius 2 is 2.06 bits per heavy atom. The summed E-state index contributed by atoms with van der Waals surface area (Å²) in [4.78, 5) is 5.46. The summed E-state index contributed by atoms with van der Waals surface area (Å²) in [6.45, 7) is -0.197. The van der Waals surface area contributed by atoms with E-state index < -0.39 is 11.7 Å². The van der Waals surface area contributed by atoms with E-state index in [4.69, 9.17) is 0 Å². The van der Waals surface area contributed by atoms with Gasteiger partial charge in [0, 0.05) is 12.4 Å². The summed E-state index contributed by atoms with van der Waals surface area (Å²) < 4.78 is 37.4. The molecule has 2 nitrogen and oxygen atoms in total. The summed E-state index contributed by atoms with van der Waals surface area (Å²) in [6.07, 6.45) is 1.31. The molecular formula is C11H9F3N2. The molecule has 0 radical (unpaired) electrons. The molecule has 0 saturated heterocycles. The fourth-order valence-electron chi connectivity index (χ4n) is 1.42. The van der Waals surface area contributed by atoms with E-state index in [1.807, 2.05) is 0 Å². The maximum absolute atomic E-state index is 12.5. The number of alkyl halides is 3. The molecule has 0 aliphatic carbocycles. The Morgan fingerprint density at radius 3 is 2.69 bits per heavy atom. The van der Waals surface area contributed by atoms with Crippen molar-refractivity contribution in [1.29, 1.82) is 0 Å². The fraction of sp³-hybridized carbons (Fsp3) is 0.182. The summed E-state index contributed by atoms with van der Waals surface area (Å²) in [5.41, 5.74) is -0.569. The van der Waals surface area contributed by atoms with Gasteiger partial charge in [-0.15, -0.1) is 0 Å². The minimum absolute atomic E-state index is 0.197. The van der Waals surface area contributed by atoms with Crippen LogP contribution < -0.4 is 4.90 Å². The second kappa shape index (κ2) is 4.00. The Labute approximate surface area is 90.7 Å². The van der Waals surface area contributed by atoms with E-state index in [1.54, 1.807) is 30.6 Å². The molecule has 1 aliphatic rings. The molecule has 1 aromatic heterocycles. The molecule has 84 valence electrons. The van der Waals surface area contributed by atoms with Crippen LogP contribution >= 0.6 is 0 Å². The van der Waals surface area contributed by atoms with Crippen molar-refractivity contribution in [2.75, 3.05) is 11.4 Å². The van der Waals surface area contributed by atoms with Gasteiger partial charge in [0.2, 0.25) is 0 Å². The van der Waals surface area contributed by atoms with E-state index >= 15 is 0 Å². The van der Waals surface area contributed by atoms with E-state index in [0.29, 0.717) is 5.82 Å². The van der Waals surface area contributed by atoms with Crippen LogP contribution in [-0.4, -0.2) is 17.7 Å². The van der Waals surface area contributed by atoms with E-state index in [1.165, 1.54) is 11.0 Å². The minimum atomic E-state index is -4.28. The average Bonchev–Trinajstić information content (AvgIpc) is 2.29. The number of hydrogen-bond donors (Lipinski definition) is 0. The van der Waals surface area contributed by atoms with Gasteiger partial charge >= 0.3 is 6.18 Å². The van der Waals surface area contributed by atoms with Crippen molar-refractivity contribution in [3.05, 3.63) is 48.3 Å². The van der Waals surface area contributed by atoms with Gasteiger partial charge in [-0.2, -0.15) is 13.2 Å². The molecule has 0 atom stereocenters. The number of rotatable bonds is 1. The van der Waals surface area contributed by atoms with Gasteiger partial charge in [0.05, 0.1) is 12.1 Å². The number of allylic oxidation sites excluding steroid dienone is 2. The predicted octanol–water partition coefficient (Wildman–Crippen LogP) is 2.90. The maximum Gasteiger partial charge on any atom is 0.414 e. The SMILES string of the molecule is FC(F)(F)C1=CC=CN(c2ccccn2)C1.